The lowest BCUT2D eigenvalue weighted by Gasteiger charge is -2.41. The topological polar surface area (TPSA) is 53.6 Å². The third-order valence-corrected chi connectivity index (χ3v) is 7.98. The second kappa shape index (κ2) is 8.70. The Morgan fingerprint density at radius 1 is 1.00 bits per heavy atom. The van der Waals surface area contributed by atoms with Gasteiger partial charge in [-0.1, -0.05) is 15.9 Å². The van der Waals surface area contributed by atoms with Crippen LogP contribution in [-0.2, 0) is 9.47 Å². The maximum absolute atomic E-state index is 13.9. The minimum atomic E-state index is -0.513. The Kier molecular flexibility index (Phi) is 6.44. The summed E-state index contributed by atoms with van der Waals surface area (Å²) in [7, 11) is 0. The molecule has 3 aliphatic heterocycles. The Labute approximate surface area is 182 Å². The van der Waals surface area contributed by atoms with Crippen molar-refractivity contribution in [2.45, 2.75) is 6.92 Å². The van der Waals surface area contributed by atoms with E-state index >= 15 is 0 Å². The summed E-state index contributed by atoms with van der Waals surface area (Å²) in [4.78, 5) is 16.8. The van der Waals surface area contributed by atoms with Crippen molar-refractivity contribution < 1.29 is 28.8 Å². The first-order valence-corrected chi connectivity index (χ1v) is 11.6. The number of carbonyl (C=O) groups is 1. The number of carbonyl (C=O) groups excluding carboxylic acids is 1. The highest BCUT2D eigenvalue weighted by Crippen LogP contribution is 2.42. The van der Waals surface area contributed by atoms with Gasteiger partial charge >= 0.3 is 0 Å². The average molecular weight is 520 g/mol. The van der Waals surface area contributed by atoms with Crippen molar-refractivity contribution in [1.82, 2.24) is 0 Å². The van der Waals surface area contributed by atoms with E-state index in [9.17, 15) is 4.79 Å². The van der Waals surface area contributed by atoms with Crippen LogP contribution >= 0.6 is 31.9 Å². The summed E-state index contributed by atoms with van der Waals surface area (Å²) in [5.41, 5.74) is 1.23. The Bertz CT molecular complexity index is 726. The van der Waals surface area contributed by atoms with Crippen molar-refractivity contribution in [3.05, 3.63) is 26.1 Å². The second-order valence-electron chi connectivity index (χ2n) is 8.15. The number of halogens is 2. The van der Waals surface area contributed by atoms with Crippen LogP contribution in [0.1, 0.15) is 15.9 Å². The highest BCUT2D eigenvalue weighted by molar-refractivity contribution is 9.11. The van der Waals surface area contributed by atoms with Crippen LogP contribution in [0.15, 0.2) is 15.0 Å². The third-order valence-electron chi connectivity index (χ3n) is 6.20. The number of hydrogen-bond acceptors (Lipinski definition) is 4. The number of quaternary nitrogens is 2. The number of hydrogen-bond donors (Lipinski definition) is 2. The molecule has 6 nitrogen and oxygen atoms in total. The first-order valence-electron chi connectivity index (χ1n) is 9.99. The van der Waals surface area contributed by atoms with E-state index < -0.39 is 5.41 Å². The number of nitrogens with one attached hydrogen (secondary N) is 2. The van der Waals surface area contributed by atoms with Gasteiger partial charge < -0.3 is 24.0 Å². The first kappa shape index (κ1) is 20.8. The Morgan fingerprint density at radius 3 is 2.07 bits per heavy atom. The number of benzene rings is 1. The molecule has 4 rings (SSSR count). The number of morpholine rings is 2. The fourth-order valence-electron chi connectivity index (χ4n) is 4.52. The molecule has 154 valence electrons. The Hall–Kier alpha value is -0.510. The van der Waals surface area contributed by atoms with Crippen molar-refractivity contribution in [3.63, 3.8) is 0 Å². The fourth-order valence-corrected chi connectivity index (χ4v) is 5.76. The summed E-state index contributed by atoms with van der Waals surface area (Å²) >= 11 is 7.23. The van der Waals surface area contributed by atoms with Gasteiger partial charge in [0.2, 0.25) is 0 Å². The highest BCUT2D eigenvalue weighted by atomic mass is 79.9. The molecule has 1 aromatic rings. The quantitative estimate of drug-likeness (QED) is 0.584. The van der Waals surface area contributed by atoms with E-state index in [2.05, 4.69) is 31.9 Å². The average Bonchev–Trinajstić information content (AvgIpc) is 2.71. The zero-order chi connectivity index (χ0) is 19.7. The van der Waals surface area contributed by atoms with Gasteiger partial charge in [0.15, 0.2) is 11.2 Å². The van der Waals surface area contributed by atoms with Gasteiger partial charge in [-0.3, -0.25) is 4.79 Å². The smallest absolute Gasteiger partial charge is 0.187 e. The lowest BCUT2D eigenvalue weighted by atomic mass is 9.77. The van der Waals surface area contributed by atoms with Crippen molar-refractivity contribution in [2.75, 3.05) is 72.3 Å². The largest absolute Gasteiger partial charge is 0.490 e. The van der Waals surface area contributed by atoms with Gasteiger partial charge in [-0.15, -0.1) is 0 Å². The molecule has 8 heteroatoms. The molecule has 0 unspecified atom stereocenters. The molecule has 0 atom stereocenters. The lowest BCUT2D eigenvalue weighted by Crippen LogP contribution is -3.19. The van der Waals surface area contributed by atoms with Gasteiger partial charge in [0.1, 0.15) is 38.5 Å². The zero-order valence-electron chi connectivity index (χ0n) is 16.2. The van der Waals surface area contributed by atoms with E-state index in [-0.39, 0.29) is 5.78 Å². The molecule has 2 saturated heterocycles. The van der Waals surface area contributed by atoms with Crippen LogP contribution in [0.4, 0.5) is 0 Å². The predicted molar refractivity (Wildman–Crippen MR) is 112 cm³/mol. The number of rotatable bonds is 4. The van der Waals surface area contributed by atoms with Crippen LogP contribution in [0.25, 0.3) is 0 Å². The maximum atomic E-state index is 13.9. The summed E-state index contributed by atoms with van der Waals surface area (Å²) in [6.07, 6.45) is 0. The summed E-state index contributed by atoms with van der Waals surface area (Å²) in [6, 6.07) is 1.94. The van der Waals surface area contributed by atoms with Gasteiger partial charge in [0, 0.05) is 4.47 Å². The van der Waals surface area contributed by atoms with Crippen LogP contribution in [0, 0.1) is 12.3 Å². The minimum absolute atomic E-state index is 0.216. The number of ketones is 1. The molecule has 3 aliphatic rings. The van der Waals surface area contributed by atoms with Crippen molar-refractivity contribution in [1.29, 1.82) is 0 Å². The second-order valence-corrected chi connectivity index (χ2v) is 9.80. The van der Waals surface area contributed by atoms with Crippen molar-refractivity contribution >= 4 is 37.6 Å². The van der Waals surface area contributed by atoms with Crippen LogP contribution in [0.2, 0.25) is 0 Å². The van der Waals surface area contributed by atoms with Gasteiger partial charge in [0.25, 0.3) is 0 Å². The number of fused-ring (bicyclic) bond motifs is 1. The molecule has 1 aromatic carbocycles. The van der Waals surface area contributed by atoms with E-state index in [1.165, 1.54) is 9.80 Å². The summed E-state index contributed by atoms with van der Waals surface area (Å²) < 4.78 is 19.1. The molecular formula is C20H28Br2N2O4+2. The molecule has 2 fully saturated rings. The number of ether oxygens (including phenoxy) is 3. The molecule has 0 aliphatic carbocycles. The molecule has 2 N–H and O–H groups in total. The van der Waals surface area contributed by atoms with E-state index in [4.69, 9.17) is 14.2 Å². The molecular weight excluding hydrogens is 492 g/mol. The molecule has 3 heterocycles. The summed E-state index contributed by atoms with van der Waals surface area (Å²) in [5.74, 6) is 0.906. The first-order chi connectivity index (χ1) is 13.5. The van der Waals surface area contributed by atoms with E-state index in [0.29, 0.717) is 17.9 Å². The fraction of sp³-hybridized carbons (Fsp3) is 0.650. The maximum Gasteiger partial charge on any atom is 0.187 e. The molecule has 28 heavy (non-hydrogen) atoms. The summed E-state index contributed by atoms with van der Waals surface area (Å²) in [6.45, 7) is 10.9. The Balaban J connectivity index is 1.67. The van der Waals surface area contributed by atoms with Crippen LogP contribution < -0.4 is 14.5 Å². The lowest BCUT2D eigenvalue weighted by molar-refractivity contribution is -0.936. The van der Waals surface area contributed by atoms with Crippen molar-refractivity contribution in [2.24, 2.45) is 5.41 Å². The minimum Gasteiger partial charge on any atom is -0.490 e. The van der Waals surface area contributed by atoms with Gasteiger partial charge in [-0.05, 0) is 34.5 Å². The normalized spacial score (nSPS) is 23.3. The molecule has 0 saturated carbocycles. The molecule has 0 amide bonds. The third kappa shape index (κ3) is 4.04. The Morgan fingerprint density at radius 2 is 1.54 bits per heavy atom. The molecule has 0 radical (unpaired) electrons. The standard InChI is InChI=1S/C20H26Br2N2O4/c1-14-16(21)10-15-18(17(14)22)28-13-20(19(15)25,11-23-2-6-26-7-3-23)12-24-4-8-27-9-5-24/h10H,2-9,11-13H2,1H3/p+2. The predicted octanol–water partition coefficient (Wildman–Crippen LogP) is -0.0883. The van der Waals surface area contributed by atoms with Gasteiger partial charge in [-0.25, -0.2) is 0 Å². The van der Waals surface area contributed by atoms with E-state index in [1.54, 1.807) is 0 Å². The monoisotopic (exact) mass is 518 g/mol. The van der Waals surface area contributed by atoms with Gasteiger partial charge in [-0.2, -0.15) is 0 Å². The molecule has 0 bridgehead atoms. The van der Waals surface area contributed by atoms with E-state index in [1.807, 2.05) is 13.0 Å². The SMILES string of the molecule is Cc1c(Br)cc2c(c1Br)OCC(C[NH+]1CCOCC1)(C[NH+]1CCOCC1)C2=O. The van der Waals surface area contributed by atoms with Crippen molar-refractivity contribution in [3.8, 4) is 5.75 Å². The van der Waals surface area contributed by atoms with E-state index in [0.717, 1.165) is 80.2 Å². The summed E-state index contributed by atoms with van der Waals surface area (Å²) in [5, 5.41) is 0. The van der Waals surface area contributed by atoms with Crippen LogP contribution in [-0.4, -0.2) is 78.1 Å². The molecule has 0 spiro atoms. The highest BCUT2D eigenvalue weighted by Gasteiger charge is 2.51. The van der Waals surface area contributed by atoms with Crippen LogP contribution in [0.3, 0.4) is 0 Å². The zero-order valence-corrected chi connectivity index (χ0v) is 19.4. The number of Topliss-reactive ketones (excluding diaryl/α,β-unsaturated/α-hetero) is 1. The molecule has 0 aromatic heterocycles. The van der Waals surface area contributed by atoms with Crippen LogP contribution in [0.5, 0.6) is 5.75 Å². The van der Waals surface area contributed by atoms with Gasteiger partial charge in [0.05, 0.1) is 49.6 Å².